The molecule has 2 aliphatic heterocycles. The van der Waals surface area contributed by atoms with Gasteiger partial charge in [-0.05, 0) is 32.3 Å². The largest absolute Gasteiger partial charge is 0.490 e. The zero-order valence-electron chi connectivity index (χ0n) is 13.0. The summed E-state index contributed by atoms with van der Waals surface area (Å²) in [5.74, 6) is -0.610. The summed E-state index contributed by atoms with van der Waals surface area (Å²) in [4.78, 5) is 29.5. The first kappa shape index (κ1) is 15.6. The Morgan fingerprint density at radius 2 is 2.30 bits per heavy atom. The summed E-state index contributed by atoms with van der Waals surface area (Å²) in [5.41, 5.74) is 0.714. The molecular formula is C17H19FN2O3. The molecule has 0 unspecified atom stereocenters. The number of nitrogens with zero attached hydrogens (tertiary/aromatic N) is 2. The normalized spacial score (nSPS) is 19.3. The molecule has 6 heteroatoms. The van der Waals surface area contributed by atoms with Gasteiger partial charge in [-0.3, -0.25) is 9.79 Å². The number of ketones is 1. The zero-order valence-corrected chi connectivity index (χ0v) is 13.0. The number of hydrogen-bond donors (Lipinski definition) is 0. The van der Waals surface area contributed by atoms with Crippen molar-refractivity contribution in [1.82, 2.24) is 4.90 Å². The highest BCUT2D eigenvalue weighted by Gasteiger charge is 2.32. The lowest BCUT2D eigenvalue weighted by molar-refractivity contribution is -0.117. The highest BCUT2D eigenvalue weighted by Crippen LogP contribution is 2.33. The minimum absolute atomic E-state index is 0.00195. The van der Waals surface area contributed by atoms with E-state index in [1.54, 1.807) is 11.1 Å². The molecule has 2 aliphatic rings. The van der Waals surface area contributed by atoms with E-state index in [9.17, 15) is 14.0 Å². The summed E-state index contributed by atoms with van der Waals surface area (Å²) >= 11 is 0. The number of fused-ring (bicyclic) bond motifs is 2. The van der Waals surface area contributed by atoms with Crippen LogP contribution in [0.4, 0.5) is 10.1 Å². The molecule has 1 aromatic rings. The summed E-state index contributed by atoms with van der Waals surface area (Å²) in [6.07, 6.45) is 4.52. The van der Waals surface area contributed by atoms with E-state index in [0.29, 0.717) is 25.1 Å². The third-order valence-electron chi connectivity index (χ3n) is 4.16. The third kappa shape index (κ3) is 3.25. The van der Waals surface area contributed by atoms with E-state index in [4.69, 9.17) is 4.74 Å². The van der Waals surface area contributed by atoms with Gasteiger partial charge in [0, 0.05) is 25.2 Å². The Bertz CT molecular complexity index is 672. The molecule has 1 atom stereocenters. The molecular weight excluding hydrogens is 299 g/mol. The Morgan fingerprint density at radius 3 is 3.09 bits per heavy atom. The van der Waals surface area contributed by atoms with Crippen LogP contribution in [0.5, 0.6) is 5.75 Å². The van der Waals surface area contributed by atoms with Crippen LogP contribution < -0.4 is 4.74 Å². The number of carbonyl (C=O) groups excluding carboxylic acids is 2. The van der Waals surface area contributed by atoms with Gasteiger partial charge in [-0.25, -0.2) is 4.39 Å². The standard InChI is InChI=1S/C17H19FN2O3/c1-11(21)4-3-7-23-16-9-15-13(8-14(16)18)17(22)20-6-2-5-12(20)10-19-15/h8-10,12H,2-7H2,1H3/t12-/m0/s1. The predicted molar refractivity (Wildman–Crippen MR) is 84.0 cm³/mol. The molecule has 122 valence electrons. The third-order valence-corrected chi connectivity index (χ3v) is 4.16. The predicted octanol–water partition coefficient (Wildman–Crippen LogP) is 2.89. The van der Waals surface area contributed by atoms with Gasteiger partial charge in [0.05, 0.1) is 23.9 Å². The molecule has 0 bridgehead atoms. The lowest BCUT2D eigenvalue weighted by Gasteiger charge is -2.20. The van der Waals surface area contributed by atoms with Crippen LogP contribution in [0.15, 0.2) is 17.1 Å². The fraction of sp³-hybridized carbons (Fsp3) is 0.471. The van der Waals surface area contributed by atoms with Crippen molar-refractivity contribution in [3.05, 3.63) is 23.5 Å². The first-order chi connectivity index (χ1) is 11.1. The first-order valence-electron chi connectivity index (χ1n) is 7.87. The maximum Gasteiger partial charge on any atom is 0.256 e. The van der Waals surface area contributed by atoms with Gasteiger partial charge in [0.2, 0.25) is 0 Å². The monoisotopic (exact) mass is 318 g/mol. The Balaban J connectivity index is 1.80. The van der Waals surface area contributed by atoms with Crippen LogP contribution >= 0.6 is 0 Å². The van der Waals surface area contributed by atoms with Crippen molar-refractivity contribution in [2.45, 2.75) is 38.6 Å². The summed E-state index contributed by atoms with van der Waals surface area (Å²) in [5, 5.41) is 0. The molecule has 0 radical (unpaired) electrons. The molecule has 3 rings (SSSR count). The number of carbonyl (C=O) groups is 2. The molecule has 0 saturated carbocycles. The second-order valence-electron chi connectivity index (χ2n) is 5.94. The van der Waals surface area contributed by atoms with Crippen molar-refractivity contribution in [2.75, 3.05) is 13.2 Å². The lowest BCUT2D eigenvalue weighted by atomic mass is 10.1. The van der Waals surface area contributed by atoms with E-state index in [1.165, 1.54) is 19.1 Å². The Kier molecular flexibility index (Phi) is 4.41. The average molecular weight is 318 g/mol. The van der Waals surface area contributed by atoms with Gasteiger partial charge in [-0.15, -0.1) is 0 Å². The van der Waals surface area contributed by atoms with Gasteiger partial charge in [0.15, 0.2) is 11.6 Å². The topological polar surface area (TPSA) is 59.0 Å². The fourth-order valence-electron chi connectivity index (χ4n) is 2.96. The minimum atomic E-state index is -0.576. The Hall–Kier alpha value is -2.24. The van der Waals surface area contributed by atoms with Crippen LogP contribution in [0.2, 0.25) is 0 Å². The van der Waals surface area contributed by atoms with Gasteiger partial charge in [-0.1, -0.05) is 0 Å². The van der Waals surface area contributed by atoms with Crippen LogP contribution in [0.25, 0.3) is 0 Å². The summed E-state index contributed by atoms with van der Waals surface area (Å²) < 4.78 is 19.6. The number of amides is 1. The van der Waals surface area contributed by atoms with Crippen LogP contribution in [-0.2, 0) is 4.79 Å². The molecule has 1 amide bonds. The molecule has 23 heavy (non-hydrogen) atoms. The van der Waals surface area contributed by atoms with Crippen molar-refractivity contribution < 1.29 is 18.7 Å². The fourth-order valence-corrected chi connectivity index (χ4v) is 2.96. The van der Waals surface area contributed by atoms with E-state index >= 15 is 0 Å². The van der Waals surface area contributed by atoms with Gasteiger partial charge in [0.1, 0.15) is 5.78 Å². The zero-order chi connectivity index (χ0) is 16.4. The summed E-state index contributed by atoms with van der Waals surface area (Å²) in [6.45, 7) is 2.44. The highest BCUT2D eigenvalue weighted by molar-refractivity contribution is 6.03. The van der Waals surface area contributed by atoms with E-state index in [1.807, 2.05) is 0 Å². The van der Waals surface area contributed by atoms with E-state index in [2.05, 4.69) is 4.99 Å². The van der Waals surface area contributed by atoms with Crippen LogP contribution in [0.3, 0.4) is 0 Å². The molecule has 0 spiro atoms. The Morgan fingerprint density at radius 1 is 1.48 bits per heavy atom. The minimum Gasteiger partial charge on any atom is -0.490 e. The van der Waals surface area contributed by atoms with Gasteiger partial charge < -0.3 is 14.4 Å². The molecule has 2 heterocycles. The van der Waals surface area contributed by atoms with E-state index in [-0.39, 0.29) is 35.7 Å². The number of rotatable bonds is 5. The number of halogens is 1. The van der Waals surface area contributed by atoms with Gasteiger partial charge >= 0.3 is 0 Å². The highest BCUT2D eigenvalue weighted by atomic mass is 19.1. The first-order valence-corrected chi connectivity index (χ1v) is 7.87. The van der Waals surface area contributed by atoms with Gasteiger partial charge in [-0.2, -0.15) is 0 Å². The van der Waals surface area contributed by atoms with E-state index < -0.39 is 5.82 Å². The number of benzene rings is 1. The SMILES string of the molecule is CC(=O)CCCOc1cc2c(cc1F)C(=O)N1CCC[C@H]1C=N2. The molecule has 0 aromatic heterocycles. The molecule has 1 fully saturated rings. The number of aliphatic imine (C=N–C) groups is 1. The second kappa shape index (κ2) is 6.48. The maximum atomic E-state index is 14.2. The molecule has 0 aliphatic carbocycles. The van der Waals surface area contributed by atoms with Crippen LogP contribution in [0.1, 0.15) is 43.0 Å². The van der Waals surface area contributed by atoms with Crippen molar-refractivity contribution in [2.24, 2.45) is 4.99 Å². The van der Waals surface area contributed by atoms with Crippen molar-refractivity contribution >= 4 is 23.6 Å². The van der Waals surface area contributed by atoms with Crippen LogP contribution in [0, 0.1) is 5.82 Å². The maximum absolute atomic E-state index is 14.2. The average Bonchev–Trinajstić information content (AvgIpc) is 2.94. The van der Waals surface area contributed by atoms with Crippen molar-refractivity contribution in [1.29, 1.82) is 0 Å². The quantitative estimate of drug-likeness (QED) is 0.784. The molecule has 5 nitrogen and oxygen atoms in total. The summed E-state index contributed by atoms with van der Waals surface area (Å²) in [6, 6.07) is 2.67. The number of hydrogen-bond acceptors (Lipinski definition) is 4. The van der Waals surface area contributed by atoms with Crippen molar-refractivity contribution in [3.63, 3.8) is 0 Å². The lowest BCUT2D eigenvalue weighted by Crippen LogP contribution is -2.35. The number of Topliss-reactive ketones (excluding diaryl/α,β-unsaturated/α-hetero) is 1. The number of ether oxygens (including phenoxy) is 1. The van der Waals surface area contributed by atoms with Crippen LogP contribution in [-0.4, -0.2) is 42.0 Å². The molecule has 1 saturated heterocycles. The second-order valence-corrected chi connectivity index (χ2v) is 5.94. The smallest absolute Gasteiger partial charge is 0.256 e. The summed E-state index contributed by atoms with van der Waals surface area (Å²) in [7, 11) is 0. The Labute approximate surface area is 134 Å². The van der Waals surface area contributed by atoms with E-state index in [0.717, 1.165) is 12.8 Å². The molecule has 0 N–H and O–H groups in total. The van der Waals surface area contributed by atoms with Crippen molar-refractivity contribution in [3.8, 4) is 5.75 Å². The van der Waals surface area contributed by atoms with Gasteiger partial charge in [0.25, 0.3) is 5.91 Å². The molecule has 1 aromatic carbocycles.